The lowest BCUT2D eigenvalue weighted by Gasteiger charge is -2.32. The lowest BCUT2D eigenvalue weighted by molar-refractivity contribution is -0.139. The molecule has 3 rings (SSSR count). The lowest BCUT2D eigenvalue weighted by atomic mass is 10.1. The first-order valence-corrected chi connectivity index (χ1v) is 13.3. The molecule has 2 amide bonds. The number of aryl methyl sites for hydroxylation is 2. The molecule has 3 aromatic rings. The Morgan fingerprint density at radius 3 is 2.05 bits per heavy atom. The largest absolute Gasteiger partial charge is 0.495 e. The molecule has 0 saturated carbocycles. The summed E-state index contributed by atoms with van der Waals surface area (Å²) >= 11 is 0. The molecule has 0 spiro atoms. The van der Waals surface area contributed by atoms with E-state index in [1.807, 2.05) is 38.1 Å². The average Bonchev–Trinajstić information content (AvgIpc) is 2.90. The molecule has 0 aliphatic heterocycles. The van der Waals surface area contributed by atoms with Crippen LogP contribution >= 0.6 is 0 Å². The zero-order valence-electron chi connectivity index (χ0n) is 21.8. The van der Waals surface area contributed by atoms with Crippen molar-refractivity contribution < 1.29 is 22.7 Å². The minimum atomic E-state index is -4.16. The second-order valence-corrected chi connectivity index (χ2v) is 10.7. The van der Waals surface area contributed by atoms with Gasteiger partial charge >= 0.3 is 0 Å². The fourth-order valence-corrected chi connectivity index (χ4v) is 5.29. The predicted octanol–water partition coefficient (Wildman–Crippen LogP) is 3.67. The minimum Gasteiger partial charge on any atom is -0.495 e. The summed E-state index contributed by atoms with van der Waals surface area (Å²) in [6.07, 6.45) is 0. The molecule has 9 heteroatoms. The standard InChI is InChI=1S/C28H33N3O5S/c1-20-10-14-23(15-11-20)18-30(22(3)28(33)29-4)27(32)19-31(25-8-6-7-9-26(25)36-5)37(34,35)24-16-12-21(2)13-17-24/h6-17,22H,18-19H2,1-5H3,(H,29,33)/t22-/m1/s1. The van der Waals surface area contributed by atoms with E-state index in [0.717, 1.165) is 21.0 Å². The molecule has 37 heavy (non-hydrogen) atoms. The highest BCUT2D eigenvalue weighted by molar-refractivity contribution is 7.92. The van der Waals surface area contributed by atoms with Gasteiger partial charge in [0.1, 0.15) is 18.3 Å². The molecule has 1 atom stereocenters. The molecule has 0 aliphatic rings. The number of nitrogens with zero attached hydrogens (tertiary/aromatic N) is 2. The van der Waals surface area contributed by atoms with Crippen molar-refractivity contribution in [1.82, 2.24) is 10.2 Å². The van der Waals surface area contributed by atoms with Crippen LogP contribution in [0.1, 0.15) is 23.6 Å². The van der Waals surface area contributed by atoms with Crippen molar-refractivity contribution in [1.29, 1.82) is 0 Å². The zero-order chi connectivity index (χ0) is 27.2. The van der Waals surface area contributed by atoms with Gasteiger partial charge in [0, 0.05) is 13.6 Å². The minimum absolute atomic E-state index is 0.0428. The molecule has 0 radical (unpaired) electrons. The normalized spacial score (nSPS) is 11.9. The first kappa shape index (κ1) is 27.7. The molecule has 3 aromatic carbocycles. The van der Waals surface area contributed by atoms with Crippen LogP contribution in [0, 0.1) is 13.8 Å². The highest BCUT2D eigenvalue weighted by atomic mass is 32.2. The van der Waals surface area contributed by atoms with E-state index in [-0.39, 0.29) is 23.0 Å². The van der Waals surface area contributed by atoms with Crippen LogP contribution in [-0.4, -0.2) is 51.9 Å². The second-order valence-electron chi connectivity index (χ2n) is 8.79. The first-order valence-electron chi connectivity index (χ1n) is 11.9. The summed E-state index contributed by atoms with van der Waals surface area (Å²) in [7, 11) is -1.22. The van der Waals surface area contributed by atoms with E-state index in [1.165, 1.54) is 31.2 Å². The van der Waals surface area contributed by atoms with Gasteiger partial charge in [-0.1, -0.05) is 59.7 Å². The molecule has 0 fully saturated rings. The van der Waals surface area contributed by atoms with Gasteiger partial charge in [-0.3, -0.25) is 13.9 Å². The fourth-order valence-electron chi connectivity index (χ4n) is 3.87. The Bertz CT molecular complexity index is 1340. The van der Waals surface area contributed by atoms with Gasteiger partial charge in [0.25, 0.3) is 10.0 Å². The Kier molecular flexibility index (Phi) is 8.94. The SMILES string of the molecule is CNC(=O)[C@@H](C)N(Cc1ccc(C)cc1)C(=O)CN(c1ccccc1OC)S(=O)(=O)c1ccc(C)cc1. The van der Waals surface area contributed by atoms with Gasteiger partial charge in [-0.05, 0) is 50.6 Å². The van der Waals surface area contributed by atoms with E-state index in [2.05, 4.69) is 5.32 Å². The fraction of sp³-hybridized carbons (Fsp3) is 0.286. The summed E-state index contributed by atoms with van der Waals surface area (Å²) in [6, 6.07) is 19.8. The van der Waals surface area contributed by atoms with Crippen LogP contribution in [0.15, 0.2) is 77.7 Å². The Morgan fingerprint density at radius 1 is 0.919 bits per heavy atom. The molecule has 196 valence electrons. The lowest BCUT2D eigenvalue weighted by Crippen LogP contribution is -2.50. The van der Waals surface area contributed by atoms with Crippen molar-refractivity contribution >= 4 is 27.5 Å². The molecule has 1 N–H and O–H groups in total. The number of anilines is 1. The van der Waals surface area contributed by atoms with E-state index in [0.29, 0.717) is 5.75 Å². The van der Waals surface area contributed by atoms with E-state index < -0.39 is 28.5 Å². The van der Waals surface area contributed by atoms with Gasteiger partial charge in [-0.15, -0.1) is 0 Å². The summed E-state index contributed by atoms with van der Waals surface area (Å²) in [5, 5.41) is 2.57. The number of methoxy groups -OCH3 is 1. The van der Waals surface area contributed by atoms with Gasteiger partial charge in [-0.2, -0.15) is 0 Å². The van der Waals surface area contributed by atoms with Crippen LogP contribution in [0.3, 0.4) is 0 Å². The number of rotatable bonds is 10. The smallest absolute Gasteiger partial charge is 0.264 e. The van der Waals surface area contributed by atoms with Crippen LogP contribution in [0.5, 0.6) is 5.75 Å². The molecule has 0 heterocycles. The molecule has 8 nitrogen and oxygen atoms in total. The number of hydrogen-bond donors (Lipinski definition) is 1. The third-order valence-corrected chi connectivity index (χ3v) is 7.90. The summed E-state index contributed by atoms with van der Waals surface area (Å²) < 4.78 is 34.2. The second kappa shape index (κ2) is 11.9. The third kappa shape index (κ3) is 6.48. The van der Waals surface area contributed by atoms with Crippen LogP contribution in [0.4, 0.5) is 5.69 Å². The number of para-hydroxylation sites is 2. The Labute approximate surface area is 218 Å². The van der Waals surface area contributed by atoms with Crippen LogP contribution in [0.2, 0.25) is 0 Å². The molecule has 0 aliphatic carbocycles. The predicted molar refractivity (Wildman–Crippen MR) is 144 cm³/mol. The summed E-state index contributed by atoms with van der Waals surface area (Å²) in [5.41, 5.74) is 3.01. The van der Waals surface area contributed by atoms with Crippen LogP contribution in [-0.2, 0) is 26.2 Å². The van der Waals surface area contributed by atoms with Gasteiger partial charge < -0.3 is 15.0 Å². The van der Waals surface area contributed by atoms with E-state index in [9.17, 15) is 18.0 Å². The quantitative estimate of drug-likeness (QED) is 0.438. The maximum absolute atomic E-state index is 13.8. The van der Waals surface area contributed by atoms with Crippen molar-refractivity contribution in [3.8, 4) is 5.75 Å². The van der Waals surface area contributed by atoms with Crippen molar-refractivity contribution in [2.45, 2.75) is 38.3 Å². The number of amides is 2. The van der Waals surface area contributed by atoms with Crippen molar-refractivity contribution in [3.63, 3.8) is 0 Å². The number of ether oxygens (including phenoxy) is 1. The van der Waals surface area contributed by atoms with Crippen LogP contribution < -0.4 is 14.4 Å². The number of carbonyl (C=O) groups is 2. The molecular weight excluding hydrogens is 490 g/mol. The van der Waals surface area contributed by atoms with Crippen molar-refractivity contribution in [2.75, 3.05) is 25.0 Å². The molecule has 0 saturated heterocycles. The first-order chi connectivity index (χ1) is 17.6. The monoisotopic (exact) mass is 523 g/mol. The topological polar surface area (TPSA) is 96.0 Å². The summed E-state index contributed by atoms with van der Waals surface area (Å²) in [5.74, 6) is -0.584. The number of benzene rings is 3. The van der Waals surface area contributed by atoms with Crippen molar-refractivity contribution in [3.05, 3.63) is 89.5 Å². The van der Waals surface area contributed by atoms with Gasteiger partial charge in [0.2, 0.25) is 11.8 Å². The maximum Gasteiger partial charge on any atom is 0.264 e. The van der Waals surface area contributed by atoms with Gasteiger partial charge in [0.15, 0.2) is 0 Å². The van der Waals surface area contributed by atoms with Gasteiger partial charge in [-0.25, -0.2) is 8.42 Å². The van der Waals surface area contributed by atoms with Crippen LogP contribution in [0.25, 0.3) is 0 Å². The van der Waals surface area contributed by atoms with Gasteiger partial charge in [0.05, 0.1) is 17.7 Å². The highest BCUT2D eigenvalue weighted by Crippen LogP contribution is 2.32. The Hall–Kier alpha value is -3.85. The van der Waals surface area contributed by atoms with E-state index >= 15 is 0 Å². The number of sulfonamides is 1. The number of nitrogens with one attached hydrogen (secondary N) is 1. The highest BCUT2D eigenvalue weighted by Gasteiger charge is 2.33. The Morgan fingerprint density at radius 2 is 1.49 bits per heavy atom. The Balaban J connectivity index is 2.06. The summed E-state index contributed by atoms with van der Waals surface area (Å²) in [4.78, 5) is 27.8. The molecular formula is C28H33N3O5S. The number of likely N-dealkylation sites (N-methyl/N-ethyl adjacent to an activating group) is 1. The summed E-state index contributed by atoms with van der Waals surface area (Å²) in [6.45, 7) is 5.05. The number of hydrogen-bond acceptors (Lipinski definition) is 5. The molecule has 0 bridgehead atoms. The molecule has 0 aromatic heterocycles. The van der Waals surface area contributed by atoms with E-state index in [4.69, 9.17) is 4.74 Å². The van der Waals surface area contributed by atoms with E-state index in [1.54, 1.807) is 43.3 Å². The van der Waals surface area contributed by atoms with Crippen molar-refractivity contribution in [2.24, 2.45) is 0 Å². The average molecular weight is 524 g/mol. The zero-order valence-corrected chi connectivity index (χ0v) is 22.6. The number of carbonyl (C=O) groups excluding carboxylic acids is 2. The maximum atomic E-state index is 13.8. The third-order valence-electron chi connectivity index (χ3n) is 6.13. The molecule has 0 unspecified atom stereocenters.